The van der Waals surface area contributed by atoms with E-state index < -0.39 is 0 Å². The van der Waals surface area contributed by atoms with Crippen molar-refractivity contribution in [3.8, 4) is 89.0 Å². The predicted octanol–water partition coefficient (Wildman–Crippen LogP) is 24.2. The Morgan fingerprint density at radius 3 is 0.990 bits per heavy atom. The van der Waals surface area contributed by atoms with Gasteiger partial charge < -0.3 is 18.6 Å². The van der Waals surface area contributed by atoms with E-state index in [1.165, 1.54) is 22.0 Å². The molecular weight excluding hydrogens is 1200 g/mol. The van der Waals surface area contributed by atoms with Crippen molar-refractivity contribution in [2.45, 2.75) is 26.2 Å². The minimum atomic E-state index is -0.342. The van der Waals surface area contributed by atoms with Gasteiger partial charge in [0.25, 0.3) is 6.71 Å². The molecule has 0 spiro atoms. The summed E-state index contributed by atoms with van der Waals surface area (Å²) in [5.74, 6) is 0. The lowest BCUT2D eigenvalue weighted by Crippen LogP contribution is -2.61. The molecule has 5 heteroatoms. The maximum Gasteiger partial charge on any atom is 0.252 e. The highest BCUT2D eigenvalue weighted by Gasteiger charge is 2.46. The molecule has 0 fully saturated rings. The van der Waals surface area contributed by atoms with Crippen LogP contribution in [-0.4, -0.2) is 6.71 Å². The molecule has 4 nitrogen and oxygen atoms in total. The SMILES string of the molecule is CC(C)(C)c1cc2c3c(c1)N(c1c(-c4cccc(-c5ccccc5)c4)cccc1-c1cccc4c1oc1ccccc14)c1ccc(-c4ccccc4)cc1B3c1cc(-c3ccccc3)ccc1N2c1c(-c2cccc(-c3ccccc3)c2)cccc1-c1cccc2c1oc1ccccc12. The summed E-state index contributed by atoms with van der Waals surface area (Å²) in [6.07, 6.45) is 0. The molecule has 0 aliphatic carbocycles. The lowest BCUT2D eigenvalue weighted by molar-refractivity contribution is 0.590. The minimum Gasteiger partial charge on any atom is -0.455 e. The van der Waals surface area contributed by atoms with Crippen LogP contribution >= 0.6 is 0 Å². The normalized spacial score (nSPS) is 12.5. The number of furan rings is 2. The second kappa shape index (κ2) is 23.2. The lowest BCUT2D eigenvalue weighted by Gasteiger charge is -2.46. The van der Waals surface area contributed by atoms with Crippen LogP contribution in [0.2, 0.25) is 0 Å². The van der Waals surface area contributed by atoms with E-state index in [4.69, 9.17) is 8.83 Å². The summed E-state index contributed by atoms with van der Waals surface area (Å²) >= 11 is 0. The van der Waals surface area contributed by atoms with Gasteiger partial charge in [-0.1, -0.05) is 312 Å². The molecule has 466 valence electrons. The van der Waals surface area contributed by atoms with Gasteiger partial charge in [-0.3, -0.25) is 0 Å². The first-order valence-electron chi connectivity index (χ1n) is 34.3. The van der Waals surface area contributed by atoms with Crippen molar-refractivity contribution >= 4 is 101 Å². The number of hydrogen-bond acceptors (Lipinski definition) is 4. The first-order chi connectivity index (χ1) is 48.8. The zero-order chi connectivity index (χ0) is 65.9. The van der Waals surface area contributed by atoms with Crippen LogP contribution in [0, 0.1) is 0 Å². The predicted molar refractivity (Wildman–Crippen MR) is 417 cm³/mol. The van der Waals surface area contributed by atoms with Crippen LogP contribution in [0.1, 0.15) is 26.3 Å². The molecule has 0 N–H and O–H groups in total. The van der Waals surface area contributed by atoms with Crippen molar-refractivity contribution in [3.05, 3.63) is 345 Å². The van der Waals surface area contributed by atoms with E-state index in [1.807, 2.05) is 0 Å². The molecule has 2 aliphatic heterocycles. The number of hydrogen-bond donors (Lipinski definition) is 0. The summed E-state index contributed by atoms with van der Waals surface area (Å²) in [6, 6.07) is 125. The Balaban J connectivity index is 0.975. The highest BCUT2D eigenvalue weighted by molar-refractivity contribution is 7.00. The van der Waals surface area contributed by atoms with Crippen LogP contribution in [0.25, 0.3) is 133 Å². The Bertz CT molecular complexity index is 5680. The zero-order valence-corrected chi connectivity index (χ0v) is 55.1. The average Bonchev–Trinajstić information content (AvgIpc) is 1.66. The van der Waals surface area contributed by atoms with Crippen molar-refractivity contribution in [1.29, 1.82) is 0 Å². The van der Waals surface area contributed by atoms with Gasteiger partial charge in [-0.15, -0.1) is 0 Å². The number of fused-ring (bicyclic) bond motifs is 10. The van der Waals surface area contributed by atoms with E-state index in [0.29, 0.717) is 0 Å². The standard InChI is InChI=1S/C94H65BN2O2/c1-94(2,3)70-58-85-89-86(59-70)97(91-72(69-37-21-35-65(55-69)61-28-10-5-11-29-61)41-23-43-76(91)80-47-25-45-78-74-39-17-19-49-88(74)99-93(78)80)84-53-51-67(63-32-14-7-15-33-63)57-82(84)95(89)81-56-66(62-30-12-6-13-31-62)50-52-83(81)96(85)90-71(68-36-20-34-64(54-68)60-26-8-4-9-27-60)40-22-42-75(90)79-46-24-44-77-73-38-16-18-48-87(73)98-92(77)79/h4-59H,1-3H3. The topological polar surface area (TPSA) is 32.8 Å². The minimum absolute atomic E-state index is 0.263. The van der Waals surface area contributed by atoms with Crippen LogP contribution in [0.5, 0.6) is 0 Å². The number of para-hydroxylation sites is 6. The third-order valence-corrected chi connectivity index (χ3v) is 20.6. The van der Waals surface area contributed by atoms with E-state index in [-0.39, 0.29) is 12.1 Å². The number of rotatable bonds is 10. The summed E-state index contributed by atoms with van der Waals surface area (Å²) < 4.78 is 14.2. The molecule has 15 aromatic carbocycles. The van der Waals surface area contributed by atoms with Gasteiger partial charge in [0.15, 0.2) is 0 Å². The van der Waals surface area contributed by atoms with Crippen molar-refractivity contribution in [2.24, 2.45) is 0 Å². The van der Waals surface area contributed by atoms with Gasteiger partial charge >= 0.3 is 0 Å². The molecule has 2 aromatic heterocycles. The van der Waals surface area contributed by atoms with Gasteiger partial charge in [0.1, 0.15) is 22.3 Å². The van der Waals surface area contributed by atoms with Crippen LogP contribution in [0.4, 0.5) is 34.1 Å². The molecule has 0 atom stereocenters. The van der Waals surface area contributed by atoms with Crippen molar-refractivity contribution in [1.82, 2.24) is 0 Å². The molecule has 0 saturated heterocycles. The van der Waals surface area contributed by atoms with E-state index in [9.17, 15) is 0 Å². The average molecular weight is 1270 g/mol. The number of anilines is 6. The fourth-order valence-electron chi connectivity index (χ4n) is 15.9. The summed E-state index contributed by atoms with van der Waals surface area (Å²) in [5, 5.41) is 4.33. The summed E-state index contributed by atoms with van der Waals surface area (Å²) in [7, 11) is 0. The van der Waals surface area contributed by atoms with Crippen LogP contribution < -0.4 is 26.2 Å². The van der Waals surface area contributed by atoms with E-state index in [2.05, 4.69) is 370 Å². The zero-order valence-electron chi connectivity index (χ0n) is 55.1. The number of benzene rings is 15. The molecule has 19 rings (SSSR count). The smallest absolute Gasteiger partial charge is 0.252 e. The molecule has 17 aromatic rings. The molecule has 0 unspecified atom stereocenters. The van der Waals surface area contributed by atoms with Gasteiger partial charge in [0.2, 0.25) is 0 Å². The monoisotopic (exact) mass is 1260 g/mol. The first-order valence-corrected chi connectivity index (χ1v) is 34.3. The maximum atomic E-state index is 7.12. The van der Waals surface area contributed by atoms with Crippen LogP contribution in [0.15, 0.2) is 349 Å². The second-order valence-corrected chi connectivity index (χ2v) is 27.4. The second-order valence-electron chi connectivity index (χ2n) is 27.4. The van der Waals surface area contributed by atoms with Crippen molar-refractivity contribution < 1.29 is 8.83 Å². The molecule has 0 bridgehead atoms. The highest BCUT2D eigenvalue weighted by Crippen LogP contribution is 2.56. The molecule has 99 heavy (non-hydrogen) atoms. The van der Waals surface area contributed by atoms with E-state index in [0.717, 1.165) is 167 Å². The molecule has 4 heterocycles. The highest BCUT2D eigenvalue weighted by atomic mass is 16.3. The van der Waals surface area contributed by atoms with Gasteiger partial charge in [0.05, 0.1) is 11.4 Å². The van der Waals surface area contributed by atoms with Gasteiger partial charge in [0, 0.05) is 77.7 Å². The summed E-state index contributed by atoms with van der Waals surface area (Å²) in [4.78, 5) is 5.32. The molecular formula is C94H65BN2O2. The fraction of sp³-hybridized carbons (Fsp3) is 0.0426. The summed E-state index contributed by atoms with van der Waals surface area (Å²) in [5.41, 5.74) is 32.2. The third kappa shape index (κ3) is 9.59. The van der Waals surface area contributed by atoms with Crippen molar-refractivity contribution in [2.75, 3.05) is 9.80 Å². The first kappa shape index (κ1) is 58.0. The lowest BCUT2D eigenvalue weighted by atomic mass is 9.33. The Morgan fingerprint density at radius 2 is 0.576 bits per heavy atom. The van der Waals surface area contributed by atoms with E-state index >= 15 is 0 Å². The Kier molecular flexibility index (Phi) is 13.6. The third-order valence-electron chi connectivity index (χ3n) is 20.6. The van der Waals surface area contributed by atoms with Crippen LogP contribution in [0.3, 0.4) is 0 Å². The molecule has 0 saturated carbocycles. The molecule has 2 aliphatic rings. The summed E-state index contributed by atoms with van der Waals surface area (Å²) in [6.45, 7) is 6.84. The van der Waals surface area contributed by atoms with Gasteiger partial charge in [-0.2, -0.15) is 0 Å². The quantitative estimate of drug-likeness (QED) is 0.128. The Labute approximate surface area is 576 Å². The molecule has 0 amide bonds. The van der Waals surface area contributed by atoms with Gasteiger partial charge in [-0.05, 0) is 132 Å². The number of nitrogens with zero attached hydrogens (tertiary/aromatic N) is 2. The molecule has 0 radical (unpaired) electrons. The van der Waals surface area contributed by atoms with Crippen LogP contribution in [-0.2, 0) is 5.41 Å². The Hall–Kier alpha value is -12.4. The Morgan fingerprint density at radius 1 is 0.253 bits per heavy atom. The fourth-order valence-corrected chi connectivity index (χ4v) is 15.9. The van der Waals surface area contributed by atoms with E-state index in [1.54, 1.807) is 0 Å². The van der Waals surface area contributed by atoms with Crippen molar-refractivity contribution in [3.63, 3.8) is 0 Å². The largest absolute Gasteiger partial charge is 0.455 e. The maximum absolute atomic E-state index is 7.12. The van der Waals surface area contributed by atoms with Gasteiger partial charge in [-0.25, -0.2) is 0 Å².